The summed E-state index contributed by atoms with van der Waals surface area (Å²) >= 11 is 0. The molecular weight excluding hydrogens is 821 g/mol. The first-order valence-corrected chi connectivity index (χ1v) is 20.0. The van der Waals surface area contributed by atoms with Crippen LogP contribution in [-0.2, 0) is 29.2 Å². The van der Waals surface area contributed by atoms with Gasteiger partial charge >= 0.3 is 30.4 Å². The number of nitrogens with zero attached hydrogens (tertiary/aromatic N) is 3. The lowest BCUT2D eigenvalue weighted by molar-refractivity contribution is -0.139. The van der Waals surface area contributed by atoms with Crippen LogP contribution in [0.4, 0.5) is 43.3 Å². The number of carboxylic acid groups (broad SMARTS) is 1. The number of aromatic nitrogens is 1. The number of urea groups is 1. The number of carbonyl (C=O) groups excluding carboxylic acids is 3. The third-order valence-electron chi connectivity index (χ3n) is 10.2. The van der Waals surface area contributed by atoms with Gasteiger partial charge in [-0.3, -0.25) is 4.79 Å². The Morgan fingerprint density at radius 1 is 0.887 bits per heavy atom. The maximum atomic E-state index is 15.3. The van der Waals surface area contributed by atoms with E-state index in [1.165, 1.54) is 15.5 Å². The Hall–Kier alpha value is -6.57. The maximum Gasteiger partial charge on any atom is 0.410 e. The van der Waals surface area contributed by atoms with E-state index in [0.29, 0.717) is 35.2 Å². The predicted octanol–water partition coefficient (Wildman–Crippen LogP) is 5.38. The van der Waals surface area contributed by atoms with Gasteiger partial charge in [0, 0.05) is 75.5 Å². The highest BCUT2D eigenvalue weighted by molar-refractivity contribution is 5.91. The van der Waals surface area contributed by atoms with Crippen LogP contribution >= 0.6 is 0 Å². The summed E-state index contributed by atoms with van der Waals surface area (Å²) in [6.45, 7) is 3.04. The summed E-state index contributed by atoms with van der Waals surface area (Å²) in [5, 5.41) is 20.8. The molecule has 1 saturated heterocycles. The van der Waals surface area contributed by atoms with Crippen molar-refractivity contribution in [1.29, 1.82) is 0 Å². The summed E-state index contributed by atoms with van der Waals surface area (Å²) in [7, 11) is 0. The van der Waals surface area contributed by atoms with Gasteiger partial charge in [0.05, 0.1) is 23.7 Å². The number of halogens is 4. The number of carboxylic acids is 1. The SMILES string of the molecule is CCn1c(C(=O)O)cc(=O)c2cc(F)c(N3CCN(C(=O)OCc4ccc(NC[C@H](CCCNC(N)=O)NC[C@H](CC(F)(F)F)NC(=O)OCc5ccccc5)cc4)CC3)cc21. The number of ether oxygens (including phenoxy) is 2. The molecule has 20 heteroatoms. The fourth-order valence-corrected chi connectivity index (χ4v) is 7.00. The molecule has 62 heavy (non-hydrogen) atoms. The molecule has 334 valence electrons. The number of nitrogens with one attached hydrogen (secondary N) is 4. The van der Waals surface area contributed by atoms with Crippen molar-refractivity contribution in [2.75, 3.05) is 56.0 Å². The first kappa shape index (κ1) is 46.5. The molecule has 4 aromatic rings. The summed E-state index contributed by atoms with van der Waals surface area (Å²) in [5.74, 6) is -1.91. The lowest BCUT2D eigenvalue weighted by Gasteiger charge is -2.35. The number of aryl methyl sites for hydroxylation is 1. The molecule has 1 aromatic heterocycles. The summed E-state index contributed by atoms with van der Waals surface area (Å²) in [6.07, 6.45) is -6.53. The summed E-state index contributed by atoms with van der Waals surface area (Å²) < 4.78 is 67.8. The standard InChI is InChI=1S/C42H50F4N8O8/c1-2-54-34-20-35(33(43)19-32(34)37(55)21-36(54)38(56)57)52-15-17-53(18-16-52)41(60)62-26-28-10-12-29(13-11-28)49-23-30(9-6-14-48-39(47)58)50-24-31(22-42(44,45)46)51-40(59)61-25-27-7-4-3-5-8-27/h3-5,7-8,10-13,19-21,30-31,49-50H,2,6,9,14-18,22-26H2,1H3,(H,51,59)(H,56,57)(H3,47,48,58)/t30-,31-/m0/s1. The van der Waals surface area contributed by atoms with Gasteiger partial charge in [-0.2, -0.15) is 13.2 Å². The van der Waals surface area contributed by atoms with Crippen molar-refractivity contribution >= 4 is 46.5 Å². The van der Waals surface area contributed by atoms with Gasteiger partial charge in [0.25, 0.3) is 0 Å². The fraction of sp³-hybridized carbons (Fsp3) is 0.405. The number of nitrogens with two attached hydrogens (primary N) is 1. The van der Waals surface area contributed by atoms with Gasteiger partial charge in [0.15, 0.2) is 5.43 Å². The zero-order valence-corrected chi connectivity index (χ0v) is 34.0. The van der Waals surface area contributed by atoms with Gasteiger partial charge < -0.3 is 55.9 Å². The number of carbonyl (C=O) groups is 4. The molecule has 0 radical (unpaired) electrons. The van der Waals surface area contributed by atoms with Gasteiger partial charge in [-0.1, -0.05) is 42.5 Å². The average molecular weight is 871 g/mol. The van der Waals surface area contributed by atoms with Crippen molar-refractivity contribution in [3.63, 3.8) is 0 Å². The minimum absolute atomic E-state index is 0.0441. The molecule has 0 aliphatic carbocycles. The first-order chi connectivity index (χ1) is 29.6. The second kappa shape index (κ2) is 21.8. The van der Waals surface area contributed by atoms with Crippen LogP contribution in [0.1, 0.15) is 47.8 Å². The lowest BCUT2D eigenvalue weighted by Crippen LogP contribution is -2.49. The number of fused-ring (bicyclic) bond motifs is 1. The second-order valence-electron chi connectivity index (χ2n) is 14.6. The van der Waals surface area contributed by atoms with E-state index in [0.717, 1.165) is 12.1 Å². The third kappa shape index (κ3) is 13.7. The number of amides is 4. The number of piperazine rings is 1. The molecule has 0 bridgehead atoms. The molecule has 0 saturated carbocycles. The van der Waals surface area contributed by atoms with Gasteiger partial charge in [0.2, 0.25) is 0 Å². The highest BCUT2D eigenvalue weighted by atomic mass is 19.4. The average Bonchev–Trinajstić information content (AvgIpc) is 3.24. The monoisotopic (exact) mass is 870 g/mol. The zero-order valence-electron chi connectivity index (χ0n) is 34.0. The van der Waals surface area contributed by atoms with Gasteiger partial charge in [0.1, 0.15) is 24.7 Å². The number of primary amides is 1. The molecule has 16 nitrogen and oxygen atoms in total. The Morgan fingerprint density at radius 3 is 2.21 bits per heavy atom. The van der Waals surface area contributed by atoms with Crippen LogP contribution in [0.2, 0.25) is 0 Å². The summed E-state index contributed by atoms with van der Waals surface area (Å²) in [5.41, 5.74) is 6.87. The number of hydrogen-bond acceptors (Lipinski definition) is 10. The Kier molecular flexibility index (Phi) is 16.3. The quantitative estimate of drug-likeness (QED) is 0.0521. The Morgan fingerprint density at radius 2 is 1.56 bits per heavy atom. The van der Waals surface area contributed by atoms with Crippen molar-refractivity contribution in [2.45, 2.75) is 64.2 Å². The molecule has 3 aromatic carbocycles. The number of pyridine rings is 1. The van der Waals surface area contributed by atoms with E-state index in [1.807, 2.05) is 0 Å². The number of benzene rings is 3. The third-order valence-corrected chi connectivity index (χ3v) is 10.2. The van der Waals surface area contributed by atoms with E-state index in [2.05, 4.69) is 21.3 Å². The van der Waals surface area contributed by atoms with Crippen LogP contribution in [0.15, 0.2) is 77.6 Å². The largest absolute Gasteiger partial charge is 0.477 e. The van der Waals surface area contributed by atoms with E-state index in [4.69, 9.17) is 15.2 Å². The van der Waals surface area contributed by atoms with Crippen LogP contribution in [-0.4, -0.2) is 103 Å². The maximum absolute atomic E-state index is 15.3. The Balaban J connectivity index is 1.12. The van der Waals surface area contributed by atoms with Gasteiger partial charge in [-0.15, -0.1) is 0 Å². The van der Waals surface area contributed by atoms with Crippen LogP contribution in [0.25, 0.3) is 10.9 Å². The molecule has 0 spiro atoms. The van der Waals surface area contributed by atoms with E-state index in [-0.39, 0.29) is 82.3 Å². The molecular formula is C42H50F4N8O8. The van der Waals surface area contributed by atoms with Gasteiger partial charge in [-0.25, -0.2) is 23.6 Å². The smallest absolute Gasteiger partial charge is 0.410 e. The molecule has 2 atom stereocenters. The lowest BCUT2D eigenvalue weighted by atomic mass is 10.1. The van der Waals surface area contributed by atoms with Crippen molar-refractivity contribution < 1.29 is 51.3 Å². The minimum atomic E-state index is -4.57. The number of alkyl halides is 3. The molecule has 0 unspecified atom stereocenters. The van der Waals surface area contributed by atoms with Crippen molar-refractivity contribution in [3.8, 4) is 0 Å². The highest BCUT2D eigenvalue weighted by Crippen LogP contribution is 2.27. The fourth-order valence-electron chi connectivity index (χ4n) is 7.00. The van der Waals surface area contributed by atoms with Crippen LogP contribution in [0.3, 0.4) is 0 Å². The van der Waals surface area contributed by atoms with Crippen molar-refractivity contribution in [1.82, 2.24) is 25.4 Å². The molecule has 7 N–H and O–H groups in total. The van der Waals surface area contributed by atoms with Crippen molar-refractivity contribution in [2.24, 2.45) is 5.73 Å². The van der Waals surface area contributed by atoms with Gasteiger partial charge in [-0.05, 0) is 55.2 Å². The van der Waals surface area contributed by atoms with E-state index >= 15 is 4.39 Å². The molecule has 1 aliphatic heterocycles. The summed E-state index contributed by atoms with van der Waals surface area (Å²) in [6, 6.07) is 16.8. The zero-order chi connectivity index (χ0) is 44.8. The molecule has 2 heterocycles. The van der Waals surface area contributed by atoms with Crippen molar-refractivity contribution in [3.05, 3.63) is 106 Å². The topological polar surface area (TPSA) is 210 Å². The molecule has 5 rings (SSSR count). The Bertz CT molecular complexity index is 2220. The van der Waals surface area contributed by atoms with E-state index < -0.39 is 60.1 Å². The predicted molar refractivity (Wildman–Crippen MR) is 223 cm³/mol. The van der Waals surface area contributed by atoms with E-state index in [9.17, 15) is 42.3 Å². The van der Waals surface area contributed by atoms with Crippen LogP contribution < -0.4 is 37.3 Å². The molecule has 1 aliphatic rings. The number of alkyl carbamates (subject to hydrolysis) is 1. The number of aromatic carboxylic acids is 1. The number of hydrogen-bond donors (Lipinski definition) is 6. The molecule has 4 amide bonds. The van der Waals surface area contributed by atoms with E-state index in [1.54, 1.807) is 66.4 Å². The van der Waals surface area contributed by atoms with Crippen LogP contribution in [0.5, 0.6) is 0 Å². The minimum Gasteiger partial charge on any atom is -0.477 e. The second-order valence-corrected chi connectivity index (χ2v) is 14.6. The normalized spacial score (nSPS) is 13.9. The first-order valence-electron chi connectivity index (χ1n) is 20.0. The number of anilines is 2. The number of rotatable bonds is 19. The van der Waals surface area contributed by atoms with Crippen LogP contribution in [0, 0.1) is 5.82 Å². The Labute approximate surface area is 354 Å². The molecule has 1 fully saturated rings. The highest BCUT2D eigenvalue weighted by Gasteiger charge is 2.33. The summed E-state index contributed by atoms with van der Waals surface area (Å²) in [4.78, 5) is 64.1.